The lowest BCUT2D eigenvalue weighted by Crippen LogP contribution is -2.16. The van der Waals surface area contributed by atoms with Gasteiger partial charge >= 0.3 is 6.36 Å². The average Bonchev–Trinajstić information content (AvgIpc) is 3.32. The highest BCUT2D eigenvalue weighted by Crippen LogP contribution is 2.33. The summed E-state index contributed by atoms with van der Waals surface area (Å²) < 4.78 is 48.7. The van der Waals surface area contributed by atoms with Gasteiger partial charge in [-0.1, -0.05) is 11.3 Å². The van der Waals surface area contributed by atoms with Crippen molar-refractivity contribution in [3.8, 4) is 5.75 Å². The smallest absolute Gasteiger partial charge is 0.406 e. The Morgan fingerprint density at radius 2 is 2.03 bits per heavy atom. The minimum absolute atomic E-state index is 0.0604. The number of aliphatic hydroxyl groups excluding tert-OH is 1. The van der Waals surface area contributed by atoms with Gasteiger partial charge in [-0.25, -0.2) is 15.0 Å². The molecule has 4 aromatic rings. The number of carbonyl (C=O) groups is 1. The number of ketones is 1. The number of carbonyl (C=O) groups excluding carboxylic acids is 1. The first-order valence-corrected chi connectivity index (χ1v) is 11.0. The van der Waals surface area contributed by atoms with E-state index < -0.39 is 6.36 Å². The van der Waals surface area contributed by atoms with E-state index in [9.17, 15) is 18.0 Å². The Balaban J connectivity index is 1.49. The molecule has 0 bridgehead atoms. The molecule has 3 heterocycles. The van der Waals surface area contributed by atoms with Gasteiger partial charge in [0.05, 0.1) is 23.4 Å². The lowest BCUT2D eigenvalue weighted by Gasteiger charge is -2.07. The first-order valence-electron chi connectivity index (χ1n) is 10.2. The van der Waals surface area contributed by atoms with Crippen LogP contribution < -0.4 is 10.1 Å². The number of hydrogen-bond donors (Lipinski definition) is 2. The van der Waals surface area contributed by atoms with Gasteiger partial charge in [-0.2, -0.15) is 0 Å². The number of nitrogens with one attached hydrogen (secondary N) is 1. The molecule has 0 aliphatic heterocycles. The Hall–Kier alpha value is -3.29. The number of alkyl halides is 3. The summed E-state index contributed by atoms with van der Waals surface area (Å²) in [5, 5.41) is 12.2. The number of thiazole rings is 1. The van der Waals surface area contributed by atoms with Gasteiger partial charge in [0.15, 0.2) is 16.6 Å². The highest BCUT2D eigenvalue weighted by molar-refractivity contribution is 7.22. The number of hydrogen-bond acceptors (Lipinski definition) is 9. The molecule has 0 amide bonds. The fraction of sp³-hybridized carbons (Fsp3) is 0.333. The second-order valence-electron chi connectivity index (χ2n) is 7.25. The number of ether oxygens (including phenoxy) is 2. The number of anilines is 2. The summed E-state index contributed by atoms with van der Waals surface area (Å²) in [5.41, 5.74) is 1.99. The third-order valence-corrected chi connectivity index (χ3v) is 5.70. The fourth-order valence-electron chi connectivity index (χ4n) is 3.24. The number of fused-ring (bicyclic) bond motifs is 2. The second-order valence-corrected chi connectivity index (χ2v) is 8.28. The van der Waals surface area contributed by atoms with Crippen LogP contribution in [0.4, 0.5) is 24.3 Å². The van der Waals surface area contributed by atoms with Gasteiger partial charge < -0.3 is 19.9 Å². The summed E-state index contributed by atoms with van der Waals surface area (Å²) >= 11 is 1.15. The van der Waals surface area contributed by atoms with Crippen LogP contribution in [0.25, 0.3) is 21.4 Å². The van der Waals surface area contributed by atoms with Crippen molar-refractivity contribution in [3.05, 3.63) is 36.0 Å². The van der Waals surface area contributed by atoms with Crippen molar-refractivity contribution in [1.29, 1.82) is 0 Å². The number of aromatic nitrogens is 4. The summed E-state index contributed by atoms with van der Waals surface area (Å²) in [6, 6.07) is 5.58. The molecule has 13 heteroatoms. The number of imidazole rings is 1. The number of rotatable bonds is 10. The first-order chi connectivity index (χ1) is 16.2. The van der Waals surface area contributed by atoms with Gasteiger partial charge in [0.25, 0.3) is 0 Å². The van der Waals surface area contributed by atoms with E-state index in [4.69, 9.17) is 9.84 Å². The summed E-state index contributed by atoms with van der Waals surface area (Å²) in [4.78, 5) is 25.6. The minimum Gasteiger partial charge on any atom is -0.406 e. The van der Waals surface area contributed by atoms with Crippen LogP contribution in [0.1, 0.15) is 23.2 Å². The molecule has 0 radical (unpaired) electrons. The molecule has 0 fully saturated rings. The lowest BCUT2D eigenvalue weighted by molar-refractivity contribution is -0.274. The van der Waals surface area contributed by atoms with Crippen molar-refractivity contribution in [3.63, 3.8) is 0 Å². The minimum atomic E-state index is -4.77. The zero-order valence-corrected chi connectivity index (χ0v) is 18.7. The van der Waals surface area contributed by atoms with Crippen LogP contribution in [-0.2, 0) is 11.8 Å². The van der Waals surface area contributed by atoms with Crippen LogP contribution in [-0.4, -0.2) is 56.6 Å². The summed E-state index contributed by atoms with van der Waals surface area (Å²) in [7, 11) is 1.74. The van der Waals surface area contributed by atoms with Crippen molar-refractivity contribution in [1.82, 2.24) is 19.5 Å². The number of halogens is 3. The molecule has 1 aromatic carbocycles. The molecule has 3 aromatic heterocycles. The van der Waals surface area contributed by atoms with E-state index in [1.807, 2.05) is 0 Å². The van der Waals surface area contributed by atoms with Gasteiger partial charge in [-0.15, -0.1) is 13.2 Å². The molecule has 4 rings (SSSR count). The van der Waals surface area contributed by atoms with E-state index >= 15 is 0 Å². The molecule has 0 atom stereocenters. The highest BCUT2D eigenvalue weighted by atomic mass is 32.1. The molecule has 0 saturated heterocycles. The van der Waals surface area contributed by atoms with E-state index in [1.165, 1.54) is 24.4 Å². The van der Waals surface area contributed by atoms with E-state index in [0.29, 0.717) is 51.1 Å². The lowest BCUT2D eigenvalue weighted by atomic mass is 10.1. The number of nitrogens with zero attached hydrogens (tertiary/aromatic N) is 4. The Kier molecular flexibility index (Phi) is 6.95. The van der Waals surface area contributed by atoms with Crippen molar-refractivity contribution >= 4 is 49.6 Å². The van der Waals surface area contributed by atoms with Gasteiger partial charge in [-0.05, 0) is 24.6 Å². The quantitative estimate of drug-likeness (QED) is 0.249. The molecule has 0 aliphatic carbocycles. The zero-order chi connectivity index (χ0) is 24.3. The number of aryl methyl sites for hydroxylation is 1. The molecule has 180 valence electrons. The van der Waals surface area contributed by atoms with Crippen LogP contribution in [0.3, 0.4) is 0 Å². The van der Waals surface area contributed by atoms with E-state index in [-0.39, 0.29) is 31.2 Å². The van der Waals surface area contributed by atoms with Crippen LogP contribution in [0, 0.1) is 0 Å². The predicted octanol–water partition coefficient (Wildman–Crippen LogP) is 4.19. The Bertz CT molecular complexity index is 1320. The first kappa shape index (κ1) is 23.9. The topological polar surface area (TPSA) is 111 Å². The number of aliphatic hydroxyl groups is 1. The molecule has 0 spiro atoms. The zero-order valence-electron chi connectivity index (χ0n) is 17.9. The number of pyridine rings is 1. The predicted molar refractivity (Wildman–Crippen MR) is 120 cm³/mol. The molecule has 0 unspecified atom stereocenters. The van der Waals surface area contributed by atoms with Crippen molar-refractivity contribution in [2.75, 3.05) is 25.1 Å². The van der Waals surface area contributed by atoms with Crippen LogP contribution >= 0.6 is 11.3 Å². The maximum Gasteiger partial charge on any atom is 0.573 e. The summed E-state index contributed by atoms with van der Waals surface area (Å²) in [5.74, 6) is -0.000164. The Morgan fingerprint density at radius 3 is 2.79 bits per heavy atom. The van der Waals surface area contributed by atoms with Crippen molar-refractivity contribution in [2.45, 2.75) is 19.2 Å². The van der Waals surface area contributed by atoms with Gasteiger partial charge in [-0.3, -0.25) is 9.36 Å². The average molecular weight is 495 g/mol. The van der Waals surface area contributed by atoms with Crippen LogP contribution in [0.2, 0.25) is 0 Å². The normalized spacial score (nSPS) is 11.9. The monoisotopic (exact) mass is 495 g/mol. The van der Waals surface area contributed by atoms with Crippen LogP contribution in [0.5, 0.6) is 5.75 Å². The largest absolute Gasteiger partial charge is 0.573 e. The SMILES string of the molecule is Cn1c(Nc2nc3ccc(OC(F)(F)F)cc3s2)nc2cc(C(=O)CCCOCCO)cnc21. The van der Waals surface area contributed by atoms with Crippen molar-refractivity contribution in [2.24, 2.45) is 7.05 Å². The fourth-order valence-corrected chi connectivity index (χ4v) is 4.13. The van der Waals surface area contributed by atoms with Gasteiger partial charge in [0.1, 0.15) is 11.3 Å². The van der Waals surface area contributed by atoms with Crippen LogP contribution in [0.15, 0.2) is 30.5 Å². The van der Waals surface area contributed by atoms with E-state index in [1.54, 1.807) is 17.7 Å². The molecule has 34 heavy (non-hydrogen) atoms. The van der Waals surface area contributed by atoms with E-state index in [2.05, 4.69) is 25.0 Å². The third kappa shape index (κ3) is 5.61. The van der Waals surface area contributed by atoms with E-state index in [0.717, 1.165) is 11.3 Å². The maximum atomic E-state index is 12.5. The van der Waals surface area contributed by atoms with Crippen molar-refractivity contribution < 1.29 is 32.5 Å². The van der Waals surface area contributed by atoms with Gasteiger partial charge in [0, 0.05) is 37.9 Å². The van der Waals surface area contributed by atoms with Gasteiger partial charge in [0.2, 0.25) is 5.95 Å². The second kappa shape index (κ2) is 9.91. The summed E-state index contributed by atoms with van der Waals surface area (Å²) in [6.45, 7) is 0.559. The molecule has 2 N–H and O–H groups in total. The third-order valence-electron chi connectivity index (χ3n) is 4.77. The molecule has 9 nitrogen and oxygen atoms in total. The number of Topliss-reactive ketones (excluding diaryl/α,β-unsaturated/α-hetero) is 1. The number of benzene rings is 1. The maximum absolute atomic E-state index is 12.5. The Labute approximate surface area is 195 Å². The summed E-state index contributed by atoms with van der Waals surface area (Å²) in [6.07, 6.45) is -2.47. The highest BCUT2D eigenvalue weighted by Gasteiger charge is 2.31. The molecule has 0 aliphatic rings. The Morgan fingerprint density at radius 1 is 1.21 bits per heavy atom. The molecule has 0 saturated carbocycles. The molecular formula is C21H20F3N5O4S. The molecular weight excluding hydrogens is 475 g/mol. The standard InChI is InChI=1S/C21H20F3N5O4S/c1-29-18-15(9-12(11-25-18)16(31)3-2-7-32-8-6-30)26-19(29)28-20-27-14-5-4-13(10-17(14)34-20)33-21(22,23)24/h4-5,9-11,30H,2-3,6-8H2,1H3,(H,26,27,28).